The first-order valence-electron chi connectivity index (χ1n) is 5.54. The Morgan fingerprint density at radius 3 is 2.33 bits per heavy atom. The van der Waals surface area contributed by atoms with Gasteiger partial charge in [-0.1, -0.05) is 12.1 Å². The zero-order chi connectivity index (χ0) is 13.1. The first-order valence-corrected chi connectivity index (χ1v) is 5.54. The number of benzene rings is 2. The molecular formula is C14H13F2NO. The predicted molar refractivity (Wildman–Crippen MR) is 65.1 cm³/mol. The van der Waals surface area contributed by atoms with Crippen LogP contribution < -0.4 is 5.73 Å². The Morgan fingerprint density at radius 2 is 1.72 bits per heavy atom. The van der Waals surface area contributed by atoms with Gasteiger partial charge < -0.3 is 10.8 Å². The van der Waals surface area contributed by atoms with E-state index in [2.05, 4.69) is 0 Å². The number of nitrogens with two attached hydrogens (primary N) is 1. The van der Waals surface area contributed by atoms with Gasteiger partial charge in [-0.15, -0.1) is 0 Å². The zero-order valence-electron chi connectivity index (χ0n) is 9.61. The summed E-state index contributed by atoms with van der Waals surface area (Å²) in [5.41, 5.74) is 7.11. The molecule has 0 amide bonds. The molecule has 0 aliphatic heterocycles. The molecule has 94 valence electrons. The normalized spacial score (nSPS) is 12.4. The Hall–Kier alpha value is -1.94. The van der Waals surface area contributed by atoms with Crippen molar-refractivity contribution in [2.45, 2.75) is 12.5 Å². The maximum atomic E-state index is 13.1. The van der Waals surface area contributed by atoms with Crippen LogP contribution in [-0.4, -0.2) is 5.11 Å². The van der Waals surface area contributed by atoms with Gasteiger partial charge in [-0.25, -0.2) is 8.78 Å². The minimum atomic E-state index is -0.642. The van der Waals surface area contributed by atoms with Crippen molar-refractivity contribution in [1.82, 2.24) is 0 Å². The van der Waals surface area contributed by atoms with Crippen LogP contribution in [0.1, 0.15) is 17.2 Å². The van der Waals surface area contributed by atoms with Crippen LogP contribution in [0.5, 0.6) is 5.75 Å². The molecular weight excluding hydrogens is 236 g/mol. The van der Waals surface area contributed by atoms with Gasteiger partial charge in [-0.05, 0) is 41.8 Å². The molecule has 4 heteroatoms. The largest absolute Gasteiger partial charge is 0.508 e. The Morgan fingerprint density at radius 1 is 1.06 bits per heavy atom. The first kappa shape index (κ1) is 12.5. The third kappa shape index (κ3) is 3.05. The van der Waals surface area contributed by atoms with Crippen molar-refractivity contribution >= 4 is 0 Å². The molecule has 0 spiro atoms. The maximum Gasteiger partial charge on any atom is 0.126 e. The summed E-state index contributed by atoms with van der Waals surface area (Å²) >= 11 is 0. The number of phenolic OH excluding ortho intramolecular Hbond substituents is 1. The standard InChI is InChI=1S/C14H13F2NO/c15-11-6-10(7-12(16)8-11)14(17)5-9-2-1-3-13(18)4-9/h1-4,6-8,14,18H,5,17H2. The SMILES string of the molecule is NC(Cc1cccc(O)c1)c1cc(F)cc(F)c1. The van der Waals surface area contributed by atoms with Gasteiger partial charge in [0.1, 0.15) is 17.4 Å². The third-order valence-electron chi connectivity index (χ3n) is 2.68. The average Bonchev–Trinajstić information content (AvgIpc) is 2.27. The summed E-state index contributed by atoms with van der Waals surface area (Å²) in [6, 6.07) is 9.36. The highest BCUT2D eigenvalue weighted by Crippen LogP contribution is 2.20. The van der Waals surface area contributed by atoms with Gasteiger partial charge in [0.2, 0.25) is 0 Å². The second-order valence-electron chi connectivity index (χ2n) is 4.18. The van der Waals surface area contributed by atoms with E-state index < -0.39 is 17.7 Å². The highest BCUT2D eigenvalue weighted by molar-refractivity contribution is 5.30. The second kappa shape index (κ2) is 5.14. The predicted octanol–water partition coefficient (Wildman–Crippen LogP) is 2.91. The summed E-state index contributed by atoms with van der Waals surface area (Å²) in [5.74, 6) is -1.14. The molecule has 1 unspecified atom stereocenters. The smallest absolute Gasteiger partial charge is 0.126 e. The van der Waals surface area contributed by atoms with E-state index in [1.807, 2.05) is 0 Å². The van der Waals surface area contributed by atoms with Crippen molar-refractivity contribution in [3.63, 3.8) is 0 Å². The van der Waals surface area contributed by atoms with E-state index in [0.717, 1.165) is 11.6 Å². The van der Waals surface area contributed by atoms with Gasteiger partial charge in [-0.3, -0.25) is 0 Å². The van der Waals surface area contributed by atoms with E-state index in [-0.39, 0.29) is 5.75 Å². The van der Waals surface area contributed by atoms with Crippen LogP contribution in [0, 0.1) is 11.6 Å². The van der Waals surface area contributed by atoms with Gasteiger partial charge in [0.05, 0.1) is 0 Å². The number of hydrogen-bond acceptors (Lipinski definition) is 2. The highest BCUT2D eigenvalue weighted by atomic mass is 19.1. The quantitative estimate of drug-likeness (QED) is 0.878. The van der Waals surface area contributed by atoms with Gasteiger partial charge >= 0.3 is 0 Å². The molecule has 0 bridgehead atoms. The number of rotatable bonds is 3. The molecule has 0 saturated carbocycles. The maximum absolute atomic E-state index is 13.1. The molecule has 2 aromatic rings. The molecule has 0 aliphatic carbocycles. The fraction of sp³-hybridized carbons (Fsp3) is 0.143. The lowest BCUT2D eigenvalue weighted by Crippen LogP contribution is -2.13. The van der Waals surface area contributed by atoms with Crippen LogP contribution in [0.25, 0.3) is 0 Å². The van der Waals surface area contributed by atoms with Crippen LogP contribution in [-0.2, 0) is 6.42 Å². The lowest BCUT2D eigenvalue weighted by Gasteiger charge is -2.12. The van der Waals surface area contributed by atoms with Gasteiger partial charge in [0, 0.05) is 12.1 Å². The van der Waals surface area contributed by atoms with Crippen molar-refractivity contribution in [1.29, 1.82) is 0 Å². The summed E-state index contributed by atoms with van der Waals surface area (Å²) < 4.78 is 26.1. The van der Waals surface area contributed by atoms with E-state index in [1.165, 1.54) is 12.1 Å². The molecule has 2 nitrogen and oxygen atoms in total. The molecule has 0 aliphatic rings. The minimum absolute atomic E-state index is 0.144. The summed E-state index contributed by atoms with van der Waals surface area (Å²) in [7, 11) is 0. The molecule has 1 atom stereocenters. The molecule has 18 heavy (non-hydrogen) atoms. The molecule has 3 N–H and O–H groups in total. The Balaban J connectivity index is 2.19. The van der Waals surface area contributed by atoms with E-state index >= 15 is 0 Å². The number of phenols is 1. The van der Waals surface area contributed by atoms with Gasteiger partial charge in [0.15, 0.2) is 0 Å². The van der Waals surface area contributed by atoms with Crippen LogP contribution in [0.4, 0.5) is 8.78 Å². The lowest BCUT2D eigenvalue weighted by atomic mass is 9.99. The number of hydrogen-bond donors (Lipinski definition) is 2. The molecule has 0 saturated heterocycles. The van der Waals surface area contributed by atoms with Crippen molar-refractivity contribution in [3.8, 4) is 5.75 Å². The molecule has 2 aromatic carbocycles. The third-order valence-corrected chi connectivity index (χ3v) is 2.68. The number of halogens is 2. The van der Waals surface area contributed by atoms with Crippen molar-refractivity contribution < 1.29 is 13.9 Å². The van der Waals surface area contributed by atoms with E-state index in [4.69, 9.17) is 5.73 Å². The topological polar surface area (TPSA) is 46.2 Å². The molecule has 2 rings (SSSR count). The van der Waals surface area contributed by atoms with Crippen LogP contribution in [0.15, 0.2) is 42.5 Å². The van der Waals surface area contributed by atoms with Crippen molar-refractivity contribution in [2.24, 2.45) is 5.73 Å². The Kier molecular flexibility index (Phi) is 3.58. The van der Waals surface area contributed by atoms with Gasteiger partial charge in [-0.2, -0.15) is 0 Å². The summed E-state index contributed by atoms with van der Waals surface area (Å²) in [5, 5.41) is 9.32. The molecule has 0 radical (unpaired) electrons. The minimum Gasteiger partial charge on any atom is -0.508 e. The Labute approximate surface area is 104 Å². The fourth-order valence-electron chi connectivity index (χ4n) is 1.84. The van der Waals surface area contributed by atoms with E-state index in [1.54, 1.807) is 24.3 Å². The monoisotopic (exact) mass is 249 g/mol. The van der Waals surface area contributed by atoms with Crippen LogP contribution >= 0.6 is 0 Å². The first-order chi connectivity index (χ1) is 8.54. The molecule has 0 fully saturated rings. The van der Waals surface area contributed by atoms with Crippen LogP contribution in [0.3, 0.4) is 0 Å². The fourth-order valence-corrected chi connectivity index (χ4v) is 1.84. The van der Waals surface area contributed by atoms with Crippen LogP contribution in [0.2, 0.25) is 0 Å². The molecule has 0 heterocycles. The van der Waals surface area contributed by atoms with Gasteiger partial charge in [0.25, 0.3) is 0 Å². The lowest BCUT2D eigenvalue weighted by molar-refractivity contribution is 0.474. The number of aromatic hydroxyl groups is 1. The molecule has 0 aromatic heterocycles. The average molecular weight is 249 g/mol. The summed E-state index contributed by atoms with van der Waals surface area (Å²) in [6.45, 7) is 0. The van der Waals surface area contributed by atoms with Crippen molar-refractivity contribution in [3.05, 3.63) is 65.2 Å². The second-order valence-corrected chi connectivity index (χ2v) is 4.18. The summed E-state index contributed by atoms with van der Waals surface area (Å²) in [6.07, 6.45) is 0.400. The van der Waals surface area contributed by atoms with E-state index in [9.17, 15) is 13.9 Å². The summed E-state index contributed by atoms with van der Waals surface area (Å²) in [4.78, 5) is 0. The highest BCUT2D eigenvalue weighted by Gasteiger charge is 2.10. The van der Waals surface area contributed by atoms with Crippen molar-refractivity contribution in [2.75, 3.05) is 0 Å². The Bertz CT molecular complexity index is 537. The zero-order valence-corrected chi connectivity index (χ0v) is 9.61. The van der Waals surface area contributed by atoms with E-state index in [0.29, 0.717) is 12.0 Å².